The molecule has 1 aromatic carbocycles. The van der Waals surface area contributed by atoms with Crippen LogP contribution in [0.15, 0.2) is 35.9 Å². The van der Waals surface area contributed by atoms with Crippen LogP contribution in [0.4, 0.5) is 5.69 Å². The fourth-order valence-electron chi connectivity index (χ4n) is 3.40. The molecule has 1 aromatic rings. The van der Waals surface area contributed by atoms with E-state index in [2.05, 4.69) is 24.0 Å². The minimum atomic E-state index is 0. The zero-order valence-electron chi connectivity index (χ0n) is 15.2. The fraction of sp³-hybridized carbons (Fsp3) is 0.591. The minimum Gasteiger partial charge on any atom is -0.515 e. The number of nitrogens with zero attached hydrogens (tertiary/aromatic N) is 1. The van der Waals surface area contributed by atoms with Gasteiger partial charge in [0.05, 0.1) is 0 Å². The normalized spacial score (nSPS) is 22.1. The summed E-state index contributed by atoms with van der Waals surface area (Å²) >= 11 is 0. The van der Waals surface area contributed by atoms with Gasteiger partial charge in [0.1, 0.15) is 0 Å². The Balaban J connectivity index is 0.000000216. The van der Waals surface area contributed by atoms with Crippen LogP contribution in [-0.2, 0) is 26.2 Å². The first-order valence-corrected chi connectivity index (χ1v) is 9.51. The Morgan fingerprint density at radius 1 is 0.792 bits per heavy atom. The molecule has 0 spiro atoms. The molecule has 24 heavy (non-hydrogen) atoms. The van der Waals surface area contributed by atoms with Crippen molar-refractivity contribution in [3.05, 3.63) is 49.4 Å². The van der Waals surface area contributed by atoms with E-state index in [1.807, 2.05) is 18.2 Å². The Morgan fingerprint density at radius 2 is 1.21 bits per heavy atom. The predicted molar refractivity (Wildman–Crippen MR) is 101 cm³/mol. The van der Waals surface area contributed by atoms with Gasteiger partial charge in [0.15, 0.2) is 0 Å². The third-order valence-electron chi connectivity index (χ3n) is 4.96. The molecule has 1 nitrogen and oxygen atoms in total. The molecule has 4 rings (SSSR count). The summed E-state index contributed by atoms with van der Waals surface area (Å²) in [5.41, 5.74) is 2.22. The van der Waals surface area contributed by atoms with Crippen molar-refractivity contribution in [2.24, 2.45) is 5.92 Å². The third-order valence-corrected chi connectivity index (χ3v) is 4.96. The smallest absolute Gasteiger partial charge is 0.515 e. The molecular formula is C22H33NZr+2. The monoisotopic (exact) mass is 401 g/mol. The van der Waals surface area contributed by atoms with Gasteiger partial charge in [-0.1, -0.05) is 82.4 Å². The largest absolute Gasteiger partial charge is 4.00 e. The maximum absolute atomic E-state index is 5.82. The van der Waals surface area contributed by atoms with Gasteiger partial charge in [-0.15, -0.1) is 0 Å². The van der Waals surface area contributed by atoms with E-state index in [0.717, 1.165) is 18.7 Å². The molecule has 0 aromatic heterocycles. The molecule has 2 heteroatoms. The second-order valence-electron chi connectivity index (χ2n) is 7.02. The van der Waals surface area contributed by atoms with Gasteiger partial charge in [0, 0.05) is 12.2 Å². The van der Waals surface area contributed by atoms with E-state index in [-0.39, 0.29) is 32.1 Å². The van der Waals surface area contributed by atoms with Gasteiger partial charge < -0.3 is 18.4 Å². The number of benzene rings is 1. The third kappa shape index (κ3) is 8.15. The van der Waals surface area contributed by atoms with Crippen LogP contribution >= 0.6 is 0 Å². The van der Waals surface area contributed by atoms with Gasteiger partial charge >= 0.3 is 26.2 Å². The van der Waals surface area contributed by atoms with Crippen molar-refractivity contribution in [2.45, 2.75) is 64.2 Å². The topological polar surface area (TPSA) is 3.24 Å². The summed E-state index contributed by atoms with van der Waals surface area (Å²) in [6.45, 7) is 11.6. The van der Waals surface area contributed by atoms with E-state index >= 15 is 0 Å². The van der Waals surface area contributed by atoms with Crippen molar-refractivity contribution in [1.82, 2.24) is 0 Å². The second kappa shape index (κ2) is 12.9. The minimum absolute atomic E-state index is 0. The molecule has 128 valence electrons. The summed E-state index contributed by atoms with van der Waals surface area (Å²) in [6, 6.07) is 10.3. The number of hydrogen-bond acceptors (Lipinski definition) is 1. The van der Waals surface area contributed by atoms with Crippen LogP contribution in [0.3, 0.4) is 0 Å². The Hall–Kier alpha value is -0.357. The van der Waals surface area contributed by atoms with E-state index in [4.69, 9.17) is 6.58 Å². The maximum atomic E-state index is 5.82. The molecule has 3 aliphatic rings. The van der Waals surface area contributed by atoms with Gasteiger partial charge in [-0.25, -0.2) is 0 Å². The molecule has 1 saturated heterocycles. The Bertz CT molecular complexity index is 409. The number of anilines is 1. The summed E-state index contributed by atoms with van der Waals surface area (Å²) in [6.07, 6.45) is 15.0. The Morgan fingerprint density at radius 3 is 1.54 bits per heavy atom. The van der Waals surface area contributed by atoms with Crippen molar-refractivity contribution < 1.29 is 26.2 Å². The van der Waals surface area contributed by atoms with Crippen molar-refractivity contribution in [1.29, 1.82) is 0 Å². The molecular weight excluding hydrogens is 369 g/mol. The second-order valence-corrected chi connectivity index (χ2v) is 7.02. The summed E-state index contributed by atoms with van der Waals surface area (Å²) in [4.78, 5) is 2.26. The standard InChI is InChI=1S/C12H13N.2C5H10.Zr/c1-10-8-13(9-11(10)2)12-6-4-3-5-7-12;2*1-2-4-5-3-1;/h1,3-7,11H,2,8-9H2;2*1-5H2;/q-2;;;+4. The summed E-state index contributed by atoms with van der Waals surface area (Å²) < 4.78 is 0. The average Bonchev–Trinajstić information content (AvgIpc) is 3.35. The van der Waals surface area contributed by atoms with Crippen molar-refractivity contribution in [2.75, 3.05) is 18.0 Å². The van der Waals surface area contributed by atoms with Crippen LogP contribution in [0.1, 0.15) is 64.2 Å². The van der Waals surface area contributed by atoms with Gasteiger partial charge in [-0.3, -0.25) is 5.57 Å². The average molecular weight is 403 g/mol. The quantitative estimate of drug-likeness (QED) is 0.504. The molecule has 1 atom stereocenters. The SMILES string of the molecule is C1CCCC1.C1CCCC1.[CH-]=C1CN(c2ccccc2)CC1[CH2-].[Zr+4]. The molecule has 2 aliphatic carbocycles. The van der Waals surface area contributed by atoms with Crippen LogP contribution in [0.25, 0.3) is 0 Å². The van der Waals surface area contributed by atoms with Crippen LogP contribution in [0, 0.1) is 19.4 Å². The van der Waals surface area contributed by atoms with Gasteiger partial charge in [0.25, 0.3) is 0 Å². The van der Waals surface area contributed by atoms with Crippen LogP contribution in [0.2, 0.25) is 0 Å². The van der Waals surface area contributed by atoms with Gasteiger partial charge in [-0.2, -0.15) is 5.92 Å². The first kappa shape index (κ1) is 21.7. The first-order chi connectivity index (χ1) is 11.3. The number of hydrogen-bond donors (Lipinski definition) is 0. The molecule has 1 heterocycles. The zero-order valence-corrected chi connectivity index (χ0v) is 17.6. The molecule has 0 N–H and O–H groups in total. The predicted octanol–water partition coefficient (Wildman–Crippen LogP) is 6.21. The van der Waals surface area contributed by atoms with Gasteiger partial charge in [-0.05, 0) is 18.7 Å². The van der Waals surface area contributed by atoms with Gasteiger partial charge in [0.2, 0.25) is 0 Å². The van der Waals surface area contributed by atoms with E-state index in [1.165, 1.54) is 69.9 Å². The van der Waals surface area contributed by atoms with Crippen LogP contribution in [-0.4, -0.2) is 13.1 Å². The number of rotatable bonds is 1. The summed E-state index contributed by atoms with van der Waals surface area (Å²) in [7, 11) is 0. The van der Waals surface area contributed by atoms with E-state index in [1.54, 1.807) is 0 Å². The Kier molecular flexibility index (Phi) is 11.7. The van der Waals surface area contributed by atoms with E-state index in [0.29, 0.717) is 0 Å². The van der Waals surface area contributed by atoms with E-state index < -0.39 is 0 Å². The van der Waals surface area contributed by atoms with E-state index in [9.17, 15) is 0 Å². The summed E-state index contributed by atoms with van der Waals surface area (Å²) in [5, 5.41) is 0. The zero-order chi connectivity index (χ0) is 16.3. The van der Waals surface area contributed by atoms with Crippen molar-refractivity contribution in [3.63, 3.8) is 0 Å². The molecule has 0 amide bonds. The molecule has 0 radical (unpaired) electrons. The molecule has 2 saturated carbocycles. The van der Waals surface area contributed by atoms with Crippen molar-refractivity contribution >= 4 is 5.69 Å². The fourth-order valence-corrected chi connectivity index (χ4v) is 3.40. The Labute approximate surface area is 169 Å². The number of para-hydroxylation sites is 1. The van der Waals surface area contributed by atoms with Crippen LogP contribution < -0.4 is 4.90 Å². The molecule has 3 fully saturated rings. The molecule has 1 unspecified atom stereocenters. The summed E-state index contributed by atoms with van der Waals surface area (Å²) in [5.74, 6) is 0.278. The van der Waals surface area contributed by atoms with Crippen molar-refractivity contribution in [3.8, 4) is 0 Å². The van der Waals surface area contributed by atoms with Crippen LogP contribution in [0.5, 0.6) is 0 Å². The molecule has 1 aliphatic heterocycles. The first-order valence-electron chi connectivity index (χ1n) is 9.51. The maximum Gasteiger partial charge on any atom is 4.00 e. The molecule has 0 bridgehead atoms.